The van der Waals surface area contributed by atoms with Crippen molar-refractivity contribution in [1.29, 1.82) is 0 Å². The number of nitrogens with zero attached hydrogens (tertiary/aromatic N) is 2. The van der Waals surface area contributed by atoms with Crippen molar-refractivity contribution in [3.8, 4) is 22.6 Å². The summed E-state index contributed by atoms with van der Waals surface area (Å²) in [5, 5.41) is 4.51. The van der Waals surface area contributed by atoms with E-state index in [1.54, 1.807) is 0 Å². The van der Waals surface area contributed by atoms with Crippen LogP contribution < -0.4 is 4.90 Å². The first-order valence-corrected chi connectivity index (χ1v) is 15.0. The van der Waals surface area contributed by atoms with Gasteiger partial charge in [0.25, 0.3) is 0 Å². The summed E-state index contributed by atoms with van der Waals surface area (Å²) in [7, 11) is 0. The summed E-state index contributed by atoms with van der Waals surface area (Å²) in [4.78, 5) is 7.35. The molecule has 0 unspecified atom stereocenters. The molecule has 4 nitrogen and oxygen atoms in total. The highest BCUT2D eigenvalue weighted by Gasteiger charge is 2.22. The standard InChI is InChI=1S/C41H26N2O2/c1-3-12-29(13-4-1)41-42-40-37(45-41)26-36-39(34-17-9-10-18-35(34)44-36)38(40)28-20-22-32(23-21-28)43(31-15-5-2-6-16-31)33-24-19-27-11-7-8-14-30(27)25-33/h1-26H. The van der Waals surface area contributed by atoms with Gasteiger partial charge in [-0.25, -0.2) is 4.98 Å². The number of para-hydroxylation sites is 2. The number of oxazole rings is 1. The quantitative estimate of drug-likeness (QED) is 0.204. The molecule has 0 aliphatic carbocycles. The summed E-state index contributed by atoms with van der Waals surface area (Å²) in [6.07, 6.45) is 0. The lowest BCUT2D eigenvalue weighted by Crippen LogP contribution is -2.09. The van der Waals surface area contributed by atoms with Gasteiger partial charge in [0, 0.05) is 45.0 Å². The van der Waals surface area contributed by atoms with E-state index in [0.29, 0.717) is 11.5 Å². The first-order chi connectivity index (χ1) is 22.3. The average Bonchev–Trinajstić information content (AvgIpc) is 3.70. The lowest BCUT2D eigenvalue weighted by molar-refractivity contribution is 0.617. The largest absolute Gasteiger partial charge is 0.456 e. The number of fused-ring (bicyclic) bond motifs is 5. The van der Waals surface area contributed by atoms with E-state index >= 15 is 0 Å². The summed E-state index contributed by atoms with van der Waals surface area (Å²) < 4.78 is 12.7. The van der Waals surface area contributed by atoms with Crippen molar-refractivity contribution in [2.75, 3.05) is 4.90 Å². The van der Waals surface area contributed by atoms with Crippen molar-refractivity contribution >= 4 is 60.9 Å². The van der Waals surface area contributed by atoms with Crippen LogP contribution in [0.25, 0.3) is 66.4 Å². The van der Waals surface area contributed by atoms with E-state index in [-0.39, 0.29) is 0 Å². The maximum absolute atomic E-state index is 6.35. The predicted octanol–water partition coefficient (Wildman–Crippen LogP) is 11.7. The second kappa shape index (κ2) is 10.2. The molecule has 0 amide bonds. The fourth-order valence-corrected chi connectivity index (χ4v) is 6.37. The molecule has 0 spiro atoms. The Labute approximate surface area is 259 Å². The minimum atomic E-state index is 0.590. The molecule has 45 heavy (non-hydrogen) atoms. The Bertz CT molecular complexity index is 2480. The van der Waals surface area contributed by atoms with Crippen LogP contribution in [0.15, 0.2) is 167 Å². The van der Waals surface area contributed by atoms with Crippen molar-refractivity contribution < 1.29 is 8.83 Å². The zero-order valence-corrected chi connectivity index (χ0v) is 24.2. The highest BCUT2D eigenvalue weighted by molar-refractivity contribution is 6.19. The molecule has 212 valence electrons. The van der Waals surface area contributed by atoms with Crippen LogP contribution >= 0.6 is 0 Å². The van der Waals surface area contributed by atoms with E-state index in [9.17, 15) is 0 Å². The normalized spacial score (nSPS) is 11.6. The maximum atomic E-state index is 6.35. The second-order valence-electron chi connectivity index (χ2n) is 11.2. The average molecular weight is 579 g/mol. The van der Waals surface area contributed by atoms with E-state index in [1.807, 2.05) is 60.7 Å². The second-order valence-corrected chi connectivity index (χ2v) is 11.2. The van der Waals surface area contributed by atoms with E-state index in [0.717, 1.165) is 61.2 Å². The lowest BCUT2D eigenvalue weighted by Gasteiger charge is -2.26. The van der Waals surface area contributed by atoms with Crippen LogP contribution in [0.1, 0.15) is 0 Å². The molecule has 0 N–H and O–H groups in total. The minimum absolute atomic E-state index is 0.590. The summed E-state index contributed by atoms with van der Waals surface area (Å²) in [5.41, 5.74) is 9.36. The molecule has 0 aliphatic rings. The topological polar surface area (TPSA) is 42.4 Å². The van der Waals surface area contributed by atoms with Gasteiger partial charge < -0.3 is 13.7 Å². The minimum Gasteiger partial charge on any atom is -0.456 e. The van der Waals surface area contributed by atoms with Gasteiger partial charge in [0.05, 0.1) is 0 Å². The van der Waals surface area contributed by atoms with Crippen LogP contribution in [0.2, 0.25) is 0 Å². The number of rotatable bonds is 5. The third-order valence-electron chi connectivity index (χ3n) is 8.47. The van der Waals surface area contributed by atoms with Gasteiger partial charge in [-0.3, -0.25) is 0 Å². The molecule has 0 fully saturated rings. The molecule has 4 heteroatoms. The number of aromatic nitrogens is 1. The Morgan fingerprint density at radius 1 is 0.444 bits per heavy atom. The van der Waals surface area contributed by atoms with Gasteiger partial charge in [0.1, 0.15) is 16.7 Å². The lowest BCUT2D eigenvalue weighted by atomic mass is 9.97. The SMILES string of the molecule is c1ccc(-c2nc3c(-c4ccc(N(c5ccccc5)c5ccc6ccccc6c5)cc4)c4c(cc3o2)oc2ccccc24)cc1. The third kappa shape index (κ3) is 4.27. The Balaban J connectivity index is 1.24. The highest BCUT2D eigenvalue weighted by atomic mass is 16.4. The Morgan fingerprint density at radius 2 is 1.11 bits per heavy atom. The number of furan rings is 1. The highest BCUT2D eigenvalue weighted by Crippen LogP contribution is 2.44. The van der Waals surface area contributed by atoms with Gasteiger partial charge in [0.2, 0.25) is 5.89 Å². The van der Waals surface area contributed by atoms with Gasteiger partial charge in [-0.15, -0.1) is 0 Å². The Kier molecular flexibility index (Phi) is 5.78. The van der Waals surface area contributed by atoms with Crippen LogP contribution in [0, 0.1) is 0 Å². The Morgan fingerprint density at radius 3 is 1.93 bits per heavy atom. The molecule has 0 bridgehead atoms. The number of hydrogen-bond acceptors (Lipinski definition) is 4. The van der Waals surface area contributed by atoms with Crippen molar-refractivity contribution in [2.24, 2.45) is 0 Å². The van der Waals surface area contributed by atoms with Crippen molar-refractivity contribution in [1.82, 2.24) is 4.98 Å². The first-order valence-electron chi connectivity index (χ1n) is 15.0. The van der Waals surface area contributed by atoms with Crippen molar-refractivity contribution in [2.45, 2.75) is 0 Å². The smallest absolute Gasteiger partial charge is 0.227 e. The van der Waals surface area contributed by atoms with Crippen LogP contribution in [0.5, 0.6) is 0 Å². The number of benzene rings is 7. The molecule has 0 saturated carbocycles. The molecule has 2 heterocycles. The van der Waals surface area contributed by atoms with Crippen LogP contribution in [-0.4, -0.2) is 4.98 Å². The number of anilines is 3. The van der Waals surface area contributed by atoms with E-state index in [1.165, 1.54) is 10.8 Å². The van der Waals surface area contributed by atoms with E-state index in [2.05, 4.69) is 102 Å². The molecule has 0 radical (unpaired) electrons. The first kappa shape index (κ1) is 25.4. The molecule has 7 aromatic carbocycles. The summed E-state index contributed by atoms with van der Waals surface area (Å²) >= 11 is 0. The molecule has 0 saturated heterocycles. The predicted molar refractivity (Wildman–Crippen MR) is 184 cm³/mol. The van der Waals surface area contributed by atoms with E-state index < -0.39 is 0 Å². The van der Waals surface area contributed by atoms with Crippen LogP contribution in [-0.2, 0) is 0 Å². The molecular weight excluding hydrogens is 552 g/mol. The van der Waals surface area contributed by atoms with Crippen LogP contribution in [0.3, 0.4) is 0 Å². The summed E-state index contributed by atoms with van der Waals surface area (Å²) in [6, 6.07) is 54.5. The Hall–Kier alpha value is -6.13. The van der Waals surface area contributed by atoms with Gasteiger partial charge in [-0.1, -0.05) is 97.1 Å². The molecular formula is C41H26N2O2. The molecule has 0 aliphatic heterocycles. The monoisotopic (exact) mass is 578 g/mol. The van der Waals surface area contributed by atoms with Crippen LogP contribution in [0.4, 0.5) is 17.1 Å². The summed E-state index contributed by atoms with van der Waals surface area (Å²) in [6.45, 7) is 0. The van der Waals surface area contributed by atoms with Gasteiger partial charge in [0.15, 0.2) is 5.58 Å². The summed E-state index contributed by atoms with van der Waals surface area (Å²) in [5.74, 6) is 0.590. The number of hydrogen-bond donors (Lipinski definition) is 0. The van der Waals surface area contributed by atoms with E-state index in [4.69, 9.17) is 13.8 Å². The zero-order chi connectivity index (χ0) is 29.7. The van der Waals surface area contributed by atoms with Gasteiger partial charge in [-0.05, 0) is 70.9 Å². The molecule has 2 aromatic heterocycles. The van der Waals surface area contributed by atoms with Crippen molar-refractivity contribution in [3.05, 3.63) is 158 Å². The van der Waals surface area contributed by atoms with Gasteiger partial charge >= 0.3 is 0 Å². The molecule has 9 aromatic rings. The van der Waals surface area contributed by atoms with Crippen molar-refractivity contribution in [3.63, 3.8) is 0 Å². The zero-order valence-electron chi connectivity index (χ0n) is 24.2. The molecule has 0 atom stereocenters. The molecule has 9 rings (SSSR count). The maximum Gasteiger partial charge on any atom is 0.227 e. The fraction of sp³-hybridized carbons (Fsp3) is 0. The fourth-order valence-electron chi connectivity index (χ4n) is 6.37. The van der Waals surface area contributed by atoms with Gasteiger partial charge in [-0.2, -0.15) is 0 Å². The third-order valence-corrected chi connectivity index (χ3v) is 8.47.